The molecule has 0 unspecified atom stereocenters. The summed E-state index contributed by atoms with van der Waals surface area (Å²) < 4.78 is 15.5. The Morgan fingerprint density at radius 3 is 2.08 bits per heavy atom. The van der Waals surface area contributed by atoms with Gasteiger partial charge >= 0.3 is 0 Å². The summed E-state index contributed by atoms with van der Waals surface area (Å²) in [7, 11) is 4.59. The van der Waals surface area contributed by atoms with Crippen molar-refractivity contribution >= 4 is 12.3 Å². The van der Waals surface area contributed by atoms with Crippen LogP contribution in [-0.2, 0) is 11.3 Å². The molecule has 2 aromatic rings. The van der Waals surface area contributed by atoms with Crippen LogP contribution >= 0.6 is 0 Å². The molecule has 0 spiro atoms. The number of carbonyl (C=O) groups excluding carboxylic acids is 1. The monoisotopic (exact) mass is 344 g/mol. The molecule has 0 atom stereocenters. The Balaban J connectivity index is 0.000000293. The number of hydrogen-bond donors (Lipinski definition) is 1. The first-order valence-corrected chi connectivity index (χ1v) is 7.25. The summed E-state index contributed by atoms with van der Waals surface area (Å²) in [5.41, 5.74) is 1.69. The number of nitrogens with zero attached hydrogens (tertiary/aromatic N) is 2. The van der Waals surface area contributed by atoms with E-state index in [2.05, 4.69) is 10.1 Å². The van der Waals surface area contributed by atoms with E-state index in [4.69, 9.17) is 19.4 Å². The lowest BCUT2D eigenvalue weighted by molar-refractivity contribution is 0.322. The van der Waals surface area contributed by atoms with Gasteiger partial charge < -0.3 is 19.4 Å². The fourth-order valence-electron chi connectivity index (χ4n) is 1.96. The van der Waals surface area contributed by atoms with Crippen LogP contribution in [-0.4, -0.2) is 38.8 Å². The fourth-order valence-corrected chi connectivity index (χ4v) is 1.96. The number of aliphatic imine (C=N–C) groups is 1. The highest BCUT2D eigenvalue weighted by Gasteiger charge is 2.12. The predicted molar refractivity (Wildman–Crippen MR) is 93.7 cm³/mol. The summed E-state index contributed by atoms with van der Waals surface area (Å²) in [5, 5.41) is 11.0. The molecule has 7 nitrogen and oxygen atoms in total. The van der Waals surface area contributed by atoms with Gasteiger partial charge in [0, 0.05) is 0 Å². The number of oxime groups is 1. The summed E-state index contributed by atoms with van der Waals surface area (Å²) in [6, 6.07) is 12.9. The van der Waals surface area contributed by atoms with Gasteiger partial charge in [-0.15, -0.1) is 0 Å². The maximum Gasteiger partial charge on any atom is 0.235 e. The van der Waals surface area contributed by atoms with Crippen molar-refractivity contribution in [3.8, 4) is 17.2 Å². The van der Waals surface area contributed by atoms with Gasteiger partial charge in [0.2, 0.25) is 11.8 Å². The third-order valence-electron chi connectivity index (χ3n) is 3.06. The molecule has 0 saturated heterocycles. The van der Waals surface area contributed by atoms with Gasteiger partial charge in [0.15, 0.2) is 11.5 Å². The zero-order chi connectivity index (χ0) is 18.5. The quantitative estimate of drug-likeness (QED) is 0.376. The van der Waals surface area contributed by atoms with Crippen LogP contribution in [0, 0.1) is 0 Å². The lowest BCUT2D eigenvalue weighted by Gasteiger charge is -2.13. The number of methoxy groups -OCH3 is 3. The number of rotatable bonds is 6. The molecule has 0 amide bonds. The minimum Gasteiger partial charge on any atom is -0.493 e. The van der Waals surface area contributed by atoms with E-state index in [1.807, 2.05) is 30.3 Å². The van der Waals surface area contributed by atoms with Crippen LogP contribution in [0.25, 0.3) is 0 Å². The van der Waals surface area contributed by atoms with Crippen molar-refractivity contribution in [2.45, 2.75) is 6.54 Å². The average molecular weight is 344 g/mol. The summed E-state index contributed by atoms with van der Waals surface area (Å²) in [6.07, 6.45) is 2.87. The minimum absolute atomic E-state index is 0.236. The second kappa shape index (κ2) is 11.3. The number of benzene rings is 2. The Hall–Kier alpha value is -3.31. The maximum absolute atomic E-state index is 10.0. The molecule has 0 bridgehead atoms. The molecule has 7 heteroatoms. The summed E-state index contributed by atoms with van der Waals surface area (Å²) >= 11 is 0. The van der Waals surface area contributed by atoms with Crippen LogP contribution in [0.15, 0.2) is 52.6 Å². The second-order valence-electron chi connectivity index (χ2n) is 4.60. The van der Waals surface area contributed by atoms with Crippen LogP contribution in [0.5, 0.6) is 17.2 Å². The first kappa shape index (κ1) is 19.7. The second-order valence-corrected chi connectivity index (χ2v) is 4.60. The van der Waals surface area contributed by atoms with Crippen LogP contribution in [0.4, 0.5) is 0 Å². The standard InChI is InChI=1S/C11H13NO4.C7H7NO/c1-14-9-4-8(6-12-7-13)5-10(15-2)11(9)16-3;9-8-6-7-4-2-1-3-5-7/h4-5H,6H2,1-3H3;1-6,9H. The SMILES string of the molecule is COc1cc(CN=C=O)cc(OC)c1OC.ON=Cc1ccccc1. The fraction of sp³-hybridized carbons (Fsp3) is 0.222. The van der Waals surface area contributed by atoms with Crippen molar-refractivity contribution in [1.82, 2.24) is 0 Å². The first-order valence-electron chi connectivity index (χ1n) is 7.25. The molecule has 0 aromatic heterocycles. The Morgan fingerprint density at radius 1 is 1.04 bits per heavy atom. The molecule has 2 rings (SSSR count). The molecule has 0 radical (unpaired) electrons. The molecule has 25 heavy (non-hydrogen) atoms. The minimum atomic E-state index is 0.236. The summed E-state index contributed by atoms with van der Waals surface area (Å²) in [6.45, 7) is 0.236. The van der Waals surface area contributed by atoms with Gasteiger partial charge in [-0.25, -0.2) is 9.79 Å². The topological polar surface area (TPSA) is 89.7 Å². The van der Waals surface area contributed by atoms with Crippen molar-refractivity contribution in [2.24, 2.45) is 10.1 Å². The van der Waals surface area contributed by atoms with Crippen LogP contribution in [0.1, 0.15) is 11.1 Å². The van der Waals surface area contributed by atoms with E-state index >= 15 is 0 Å². The Kier molecular flexibility index (Phi) is 8.89. The molecule has 0 aliphatic rings. The highest BCUT2D eigenvalue weighted by molar-refractivity contribution is 5.78. The van der Waals surface area contributed by atoms with E-state index in [9.17, 15) is 4.79 Å². The Labute approximate surface area is 146 Å². The maximum atomic E-state index is 10.0. The lowest BCUT2D eigenvalue weighted by atomic mass is 10.2. The van der Waals surface area contributed by atoms with E-state index in [1.165, 1.54) is 33.6 Å². The zero-order valence-corrected chi connectivity index (χ0v) is 14.3. The molecule has 0 aliphatic carbocycles. The molecule has 2 aromatic carbocycles. The first-order chi connectivity index (χ1) is 12.2. The van der Waals surface area contributed by atoms with Crippen LogP contribution in [0.2, 0.25) is 0 Å². The van der Waals surface area contributed by atoms with Gasteiger partial charge in [0.1, 0.15) is 0 Å². The zero-order valence-electron chi connectivity index (χ0n) is 14.3. The predicted octanol–water partition coefficient (Wildman–Crippen LogP) is 3.04. The Bertz CT molecular complexity index is 700. The van der Waals surface area contributed by atoms with Gasteiger partial charge in [-0.2, -0.15) is 0 Å². The van der Waals surface area contributed by atoms with Crippen molar-refractivity contribution in [1.29, 1.82) is 0 Å². The average Bonchev–Trinajstić information content (AvgIpc) is 2.67. The smallest absolute Gasteiger partial charge is 0.235 e. The van der Waals surface area contributed by atoms with E-state index in [0.717, 1.165) is 11.1 Å². The highest BCUT2D eigenvalue weighted by Crippen LogP contribution is 2.38. The summed E-state index contributed by atoms with van der Waals surface area (Å²) in [4.78, 5) is 13.5. The lowest BCUT2D eigenvalue weighted by Crippen LogP contribution is -1.96. The molecule has 0 heterocycles. The molecular formula is C18H20N2O5. The van der Waals surface area contributed by atoms with Crippen molar-refractivity contribution in [3.63, 3.8) is 0 Å². The molecular weight excluding hydrogens is 324 g/mol. The third-order valence-corrected chi connectivity index (χ3v) is 3.06. The number of isocyanates is 1. The van der Waals surface area contributed by atoms with Gasteiger partial charge in [0.05, 0.1) is 34.1 Å². The molecule has 0 fully saturated rings. The molecule has 132 valence electrons. The molecule has 0 aliphatic heterocycles. The van der Waals surface area contributed by atoms with Gasteiger partial charge in [-0.05, 0) is 23.3 Å². The van der Waals surface area contributed by atoms with Gasteiger partial charge in [-0.1, -0.05) is 35.5 Å². The largest absolute Gasteiger partial charge is 0.493 e. The Morgan fingerprint density at radius 2 is 1.64 bits per heavy atom. The van der Waals surface area contributed by atoms with E-state index in [0.29, 0.717) is 17.2 Å². The third kappa shape index (κ3) is 6.37. The van der Waals surface area contributed by atoms with Crippen molar-refractivity contribution < 1.29 is 24.2 Å². The highest BCUT2D eigenvalue weighted by atomic mass is 16.5. The van der Waals surface area contributed by atoms with Crippen molar-refractivity contribution in [2.75, 3.05) is 21.3 Å². The van der Waals surface area contributed by atoms with E-state index in [-0.39, 0.29) is 6.54 Å². The normalized spacial score (nSPS) is 9.56. The van der Waals surface area contributed by atoms with Gasteiger partial charge in [-0.3, -0.25) is 0 Å². The number of ether oxygens (including phenoxy) is 3. The van der Waals surface area contributed by atoms with Crippen molar-refractivity contribution in [3.05, 3.63) is 53.6 Å². The van der Waals surface area contributed by atoms with Crippen LogP contribution < -0.4 is 14.2 Å². The van der Waals surface area contributed by atoms with E-state index < -0.39 is 0 Å². The van der Waals surface area contributed by atoms with E-state index in [1.54, 1.807) is 12.1 Å². The van der Waals surface area contributed by atoms with Crippen LogP contribution in [0.3, 0.4) is 0 Å². The molecule has 0 saturated carbocycles. The number of hydrogen-bond acceptors (Lipinski definition) is 7. The van der Waals surface area contributed by atoms with Gasteiger partial charge in [0.25, 0.3) is 0 Å². The summed E-state index contributed by atoms with van der Waals surface area (Å²) in [5.74, 6) is 1.60. The molecule has 1 N–H and O–H groups in total.